The Morgan fingerprint density at radius 2 is 2.21 bits per heavy atom. The van der Waals surface area contributed by atoms with Crippen LogP contribution in [-0.4, -0.2) is 12.6 Å². The molecule has 1 fully saturated rings. The van der Waals surface area contributed by atoms with Gasteiger partial charge in [-0.3, -0.25) is 0 Å². The molecule has 0 aliphatic heterocycles. The predicted molar refractivity (Wildman–Crippen MR) is 81.7 cm³/mol. The summed E-state index contributed by atoms with van der Waals surface area (Å²) in [6.07, 6.45) is 5.11. The summed E-state index contributed by atoms with van der Waals surface area (Å²) in [5, 5.41) is 3.63. The topological polar surface area (TPSA) is 47.3 Å². The molecule has 1 aliphatic rings. The molecule has 1 atom stereocenters. The van der Waals surface area contributed by atoms with Crippen LogP contribution in [0.25, 0.3) is 0 Å². The van der Waals surface area contributed by atoms with Gasteiger partial charge in [0.15, 0.2) is 0 Å². The molecule has 1 aromatic carbocycles. The fraction of sp³-hybridized carbons (Fsp3) is 0.625. The monoisotopic (exact) mass is 262 g/mol. The zero-order valence-corrected chi connectivity index (χ0v) is 12.3. The third-order valence-electron chi connectivity index (χ3n) is 3.89. The summed E-state index contributed by atoms with van der Waals surface area (Å²) in [6.45, 7) is 7.33. The molecule has 3 N–H and O–H groups in total. The SMILES string of the molecule is CCOc1cc(NC2CCCC(C)(C)C2)ccc1N. The molecule has 2 rings (SSSR count). The van der Waals surface area contributed by atoms with Gasteiger partial charge in [0.1, 0.15) is 5.75 Å². The van der Waals surface area contributed by atoms with E-state index in [2.05, 4.69) is 19.2 Å². The zero-order valence-electron chi connectivity index (χ0n) is 12.3. The van der Waals surface area contributed by atoms with E-state index >= 15 is 0 Å². The molecule has 0 saturated heterocycles. The molecule has 1 unspecified atom stereocenters. The minimum absolute atomic E-state index is 0.451. The van der Waals surface area contributed by atoms with Crippen LogP contribution in [0, 0.1) is 5.41 Å². The lowest BCUT2D eigenvalue weighted by molar-refractivity contribution is 0.229. The third-order valence-corrected chi connectivity index (χ3v) is 3.89. The minimum atomic E-state index is 0.451. The fourth-order valence-corrected chi connectivity index (χ4v) is 2.96. The summed E-state index contributed by atoms with van der Waals surface area (Å²) in [4.78, 5) is 0. The molecule has 19 heavy (non-hydrogen) atoms. The molecule has 0 bridgehead atoms. The molecule has 1 saturated carbocycles. The Labute approximate surface area is 116 Å². The lowest BCUT2D eigenvalue weighted by Gasteiger charge is -2.36. The van der Waals surface area contributed by atoms with Crippen LogP contribution in [-0.2, 0) is 0 Å². The first kappa shape index (κ1) is 14.0. The van der Waals surface area contributed by atoms with Crippen molar-refractivity contribution in [3.63, 3.8) is 0 Å². The van der Waals surface area contributed by atoms with E-state index in [-0.39, 0.29) is 0 Å². The molecule has 106 valence electrons. The normalized spacial score (nSPS) is 21.9. The van der Waals surface area contributed by atoms with Crippen LogP contribution in [0.5, 0.6) is 5.75 Å². The summed E-state index contributed by atoms with van der Waals surface area (Å²) in [5.41, 5.74) is 8.17. The first-order chi connectivity index (χ1) is 9.00. The van der Waals surface area contributed by atoms with Gasteiger partial charge in [0.2, 0.25) is 0 Å². The van der Waals surface area contributed by atoms with Crippen molar-refractivity contribution in [1.29, 1.82) is 0 Å². The average Bonchev–Trinajstić information content (AvgIpc) is 2.32. The van der Waals surface area contributed by atoms with E-state index in [1.54, 1.807) is 0 Å². The number of benzene rings is 1. The van der Waals surface area contributed by atoms with Gasteiger partial charge in [0, 0.05) is 17.8 Å². The Morgan fingerprint density at radius 1 is 1.42 bits per heavy atom. The van der Waals surface area contributed by atoms with Crippen LogP contribution in [0.3, 0.4) is 0 Å². The number of nitrogens with one attached hydrogen (secondary N) is 1. The second kappa shape index (κ2) is 5.72. The number of anilines is 2. The van der Waals surface area contributed by atoms with Crippen LogP contribution in [0.1, 0.15) is 46.5 Å². The molecule has 0 aromatic heterocycles. The smallest absolute Gasteiger partial charge is 0.144 e. The first-order valence-corrected chi connectivity index (χ1v) is 7.29. The molecule has 0 radical (unpaired) electrons. The van der Waals surface area contributed by atoms with Gasteiger partial charge in [-0.15, -0.1) is 0 Å². The van der Waals surface area contributed by atoms with Crippen LogP contribution >= 0.6 is 0 Å². The van der Waals surface area contributed by atoms with E-state index in [0.29, 0.717) is 23.8 Å². The molecule has 0 spiro atoms. The second-order valence-corrected chi connectivity index (χ2v) is 6.29. The maximum atomic E-state index is 5.90. The van der Waals surface area contributed by atoms with Gasteiger partial charge in [-0.2, -0.15) is 0 Å². The molecule has 0 heterocycles. The molecule has 1 aliphatic carbocycles. The van der Waals surface area contributed by atoms with E-state index in [4.69, 9.17) is 10.5 Å². The first-order valence-electron chi connectivity index (χ1n) is 7.29. The Hall–Kier alpha value is -1.38. The summed E-state index contributed by atoms with van der Waals surface area (Å²) in [5.74, 6) is 0.780. The average molecular weight is 262 g/mol. The third kappa shape index (κ3) is 3.79. The fourth-order valence-electron chi connectivity index (χ4n) is 2.96. The quantitative estimate of drug-likeness (QED) is 0.805. The summed E-state index contributed by atoms with van der Waals surface area (Å²) >= 11 is 0. The van der Waals surface area contributed by atoms with Gasteiger partial charge in [-0.1, -0.05) is 20.3 Å². The van der Waals surface area contributed by atoms with Gasteiger partial charge >= 0.3 is 0 Å². The van der Waals surface area contributed by atoms with Crippen LogP contribution < -0.4 is 15.8 Å². The zero-order chi connectivity index (χ0) is 13.9. The molecular weight excluding hydrogens is 236 g/mol. The Balaban J connectivity index is 2.04. The van der Waals surface area contributed by atoms with Gasteiger partial charge in [0.25, 0.3) is 0 Å². The highest BCUT2D eigenvalue weighted by Gasteiger charge is 2.27. The van der Waals surface area contributed by atoms with Gasteiger partial charge < -0.3 is 15.8 Å². The number of rotatable bonds is 4. The molecular formula is C16H26N2O. The van der Waals surface area contributed by atoms with Crippen molar-refractivity contribution in [2.75, 3.05) is 17.7 Å². The van der Waals surface area contributed by atoms with E-state index in [1.807, 2.05) is 25.1 Å². The summed E-state index contributed by atoms with van der Waals surface area (Å²) in [6, 6.07) is 6.53. The number of hydrogen-bond acceptors (Lipinski definition) is 3. The lowest BCUT2D eigenvalue weighted by atomic mass is 9.75. The highest BCUT2D eigenvalue weighted by atomic mass is 16.5. The van der Waals surface area contributed by atoms with Crippen molar-refractivity contribution in [3.8, 4) is 5.75 Å². The molecule has 0 amide bonds. The Bertz CT molecular complexity index is 429. The minimum Gasteiger partial charge on any atom is -0.492 e. The Morgan fingerprint density at radius 3 is 2.89 bits per heavy atom. The number of nitrogen functional groups attached to an aromatic ring is 1. The van der Waals surface area contributed by atoms with E-state index < -0.39 is 0 Å². The molecule has 3 nitrogen and oxygen atoms in total. The predicted octanol–water partition coefficient (Wildman–Crippen LogP) is 4.05. The largest absolute Gasteiger partial charge is 0.492 e. The van der Waals surface area contributed by atoms with Gasteiger partial charge in [0.05, 0.1) is 12.3 Å². The van der Waals surface area contributed by atoms with Crippen molar-refractivity contribution in [1.82, 2.24) is 0 Å². The van der Waals surface area contributed by atoms with Crippen molar-refractivity contribution in [3.05, 3.63) is 18.2 Å². The van der Waals surface area contributed by atoms with E-state index in [0.717, 1.165) is 11.4 Å². The van der Waals surface area contributed by atoms with Crippen molar-refractivity contribution in [2.45, 2.75) is 52.5 Å². The van der Waals surface area contributed by atoms with Gasteiger partial charge in [-0.25, -0.2) is 0 Å². The lowest BCUT2D eigenvalue weighted by Crippen LogP contribution is -2.31. The molecule has 1 aromatic rings. The maximum Gasteiger partial charge on any atom is 0.144 e. The number of ether oxygens (including phenoxy) is 1. The summed E-state index contributed by atoms with van der Waals surface area (Å²) in [7, 11) is 0. The second-order valence-electron chi connectivity index (χ2n) is 6.29. The van der Waals surface area contributed by atoms with E-state index in [1.165, 1.54) is 25.7 Å². The van der Waals surface area contributed by atoms with Crippen molar-refractivity contribution < 1.29 is 4.74 Å². The van der Waals surface area contributed by atoms with Crippen molar-refractivity contribution >= 4 is 11.4 Å². The van der Waals surface area contributed by atoms with Crippen molar-refractivity contribution in [2.24, 2.45) is 5.41 Å². The highest BCUT2D eigenvalue weighted by molar-refractivity contribution is 5.61. The molecule has 3 heteroatoms. The van der Waals surface area contributed by atoms with E-state index in [9.17, 15) is 0 Å². The number of hydrogen-bond donors (Lipinski definition) is 2. The standard InChI is InChI=1S/C16H26N2O/c1-4-19-15-10-12(7-8-14(15)17)18-13-6-5-9-16(2,3)11-13/h7-8,10,13,18H,4-6,9,11,17H2,1-3H3. The number of nitrogens with two attached hydrogens (primary N) is 1. The van der Waals surface area contributed by atoms with Crippen LogP contribution in [0.15, 0.2) is 18.2 Å². The van der Waals surface area contributed by atoms with Crippen LogP contribution in [0.2, 0.25) is 0 Å². The van der Waals surface area contributed by atoms with Crippen LogP contribution in [0.4, 0.5) is 11.4 Å². The Kier molecular flexibility index (Phi) is 4.23. The summed E-state index contributed by atoms with van der Waals surface area (Å²) < 4.78 is 5.54. The maximum absolute atomic E-state index is 5.90. The van der Waals surface area contributed by atoms with Gasteiger partial charge in [-0.05, 0) is 43.7 Å². The highest BCUT2D eigenvalue weighted by Crippen LogP contribution is 2.37.